The summed E-state index contributed by atoms with van der Waals surface area (Å²) in [6.07, 6.45) is 0.726. The van der Waals surface area contributed by atoms with Gasteiger partial charge in [0.1, 0.15) is 0 Å². The summed E-state index contributed by atoms with van der Waals surface area (Å²) >= 11 is 0. The molecule has 1 fully saturated rings. The first-order valence-electron chi connectivity index (χ1n) is 7.38. The van der Waals surface area contributed by atoms with E-state index in [4.69, 9.17) is 10.5 Å². The molecule has 1 heterocycles. The predicted octanol–water partition coefficient (Wildman–Crippen LogP) is 0.681. The molecule has 0 radical (unpaired) electrons. The smallest absolute Gasteiger partial charge is 0.224 e. The topological polar surface area (TPSA) is 58.8 Å². The first-order valence-corrected chi connectivity index (χ1v) is 7.38. The van der Waals surface area contributed by atoms with Gasteiger partial charge in [-0.05, 0) is 27.7 Å². The first kappa shape index (κ1) is 16.4. The second kappa shape index (κ2) is 7.82. The number of hydrogen-bond donors (Lipinski definition) is 1. The minimum absolute atomic E-state index is 0.120. The number of amides is 1. The van der Waals surface area contributed by atoms with E-state index < -0.39 is 0 Å². The van der Waals surface area contributed by atoms with Gasteiger partial charge in [0.25, 0.3) is 0 Å². The molecule has 5 heteroatoms. The van der Waals surface area contributed by atoms with E-state index in [1.54, 1.807) is 0 Å². The lowest BCUT2D eigenvalue weighted by atomic mass is 10.1. The van der Waals surface area contributed by atoms with Crippen LogP contribution in [0.5, 0.6) is 0 Å². The normalized spacial score (nSPS) is 26.2. The maximum atomic E-state index is 12.2. The molecule has 1 rings (SSSR count). The average molecular weight is 271 g/mol. The molecule has 2 N–H and O–H groups in total. The number of nitrogens with zero attached hydrogens (tertiary/aromatic N) is 2. The fourth-order valence-electron chi connectivity index (χ4n) is 2.68. The molecule has 0 spiro atoms. The van der Waals surface area contributed by atoms with Gasteiger partial charge in [0.2, 0.25) is 5.91 Å². The molecule has 0 aromatic carbocycles. The quantitative estimate of drug-likeness (QED) is 0.772. The van der Waals surface area contributed by atoms with Gasteiger partial charge in [-0.15, -0.1) is 0 Å². The van der Waals surface area contributed by atoms with E-state index in [1.165, 1.54) is 0 Å². The summed E-state index contributed by atoms with van der Waals surface area (Å²) < 4.78 is 5.63. The SMILES string of the molecule is CCN(CC)C(=O)CC(CN)N1CC(C)OCC1C. The zero-order chi connectivity index (χ0) is 14.4. The Balaban J connectivity index is 2.63. The van der Waals surface area contributed by atoms with E-state index in [0.717, 1.165) is 26.2 Å². The average Bonchev–Trinajstić information content (AvgIpc) is 2.40. The third-order valence-electron chi connectivity index (χ3n) is 3.92. The van der Waals surface area contributed by atoms with Crippen LogP contribution >= 0.6 is 0 Å². The number of nitrogens with two attached hydrogens (primary N) is 1. The fourth-order valence-corrected chi connectivity index (χ4v) is 2.68. The van der Waals surface area contributed by atoms with Crippen molar-refractivity contribution in [2.24, 2.45) is 5.73 Å². The molecule has 0 bridgehead atoms. The largest absolute Gasteiger partial charge is 0.376 e. The van der Waals surface area contributed by atoms with Crippen LogP contribution in [-0.4, -0.2) is 66.7 Å². The summed E-state index contributed by atoms with van der Waals surface area (Å²) in [5.74, 6) is 0.201. The van der Waals surface area contributed by atoms with Gasteiger partial charge in [-0.3, -0.25) is 9.69 Å². The Morgan fingerprint density at radius 2 is 2.05 bits per heavy atom. The monoisotopic (exact) mass is 271 g/mol. The highest BCUT2D eigenvalue weighted by Crippen LogP contribution is 2.17. The summed E-state index contributed by atoms with van der Waals surface area (Å²) in [5.41, 5.74) is 5.89. The van der Waals surface area contributed by atoms with Gasteiger partial charge in [0.05, 0.1) is 12.7 Å². The van der Waals surface area contributed by atoms with Crippen LogP contribution in [-0.2, 0) is 9.53 Å². The molecular weight excluding hydrogens is 242 g/mol. The molecule has 3 unspecified atom stereocenters. The number of rotatable bonds is 6. The molecule has 1 aliphatic rings. The van der Waals surface area contributed by atoms with Gasteiger partial charge in [-0.25, -0.2) is 0 Å². The molecule has 0 saturated carbocycles. The van der Waals surface area contributed by atoms with Gasteiger partial charge < -0.3 is 15.4 Å². The summed E-state index contributed by atoms with van der Waals surface area (Å²) in [6.45, 7) is 11.9. The molecular formula is C14H29N3O2. The molecule has 0 aliphatic carbocycles. The van der Waals surface area contributed by atoms with E-state index in [1.807, 2.05) is 18.7 Å². The predicted molar refractivity (Wildman–Crippen MR) is 77.0 cm³/mol. The van der Waals surface area contributed by atoms with Crippen molar-refractivity contribution < 1.29 is 9.53 Å². The lowest BCUT2D eigenvalue weighted by Gasteiger charge is -2.41. The van der Waals surface area contributed by atoms with Crippen LogP contribution in [0, 0.1) is 0 Å². The second-order valence-electron chi connectivity index (χ2n) is 5.35. The van der Waals surface area contributed by atoms with E-state index >= 15 is 0 Å². The van der Waals surface area contributed by atoms with Crippen LogP contribution in [0.4, 0.5) is 0 Å². The zero-order valence-corrected chi connectivity index (χ0v) is 12.8. The minimum atomic E-state index is 0.120. The molecule has 112 valence electrons. The zero-order valence-electron chi connectivity index (χ0n) is 12.8. The number of carbonyl (C=O) groups excluding carboxylic acids is 1. The van der Waals surface area contributed by atoms with Crippen molar-refractivity contribution in [1.82, 2.24) is 9.80 Å². The van der Waals surface area contributed by atoms with Crippen molar-refractivity contribution >= 4 is 5.91 Å². The maximum absolute atomic E-state index is 12.2. The Morgan fingerprint density at radius 3 is 2.58 bits per heavy atom. The van der Waals surface area contributed by atoms with Crippen LogP contribution in [0.2, 0.25) is 0 Å². The minimum Gasteiger partial charge on any atom is -0.376 e. The fraction of sp³-hybridized carbons (Fsp3) is 0.929. The van der Waals surface area contributed by atoms with Gasteiger partial charge in [-0.1, -0.05) is 0 Å². The van der Waals surface area contributed by atoms with Gasteiger partial charge in [0, 0.05) is 44.7 Å². The van der Waals surface area contributed by atoms with E-state index in [-0.39, 0.29) is 18.1 Å². The van der Waals surface area contributed by atoms with Crippen molar-refractivity contribution in [2.45, 2.75) is 52.3 Å². The molecule has 5 nitrogen and oxygen atoms in total. The summed E-state index contributed by atoms with van der Waals surface area (Å²) in [5, 5.41) is 0. The van der Waals surface area contributed by atoms with Crippen LogP contribution in [0.1, 0.15) is 34.1 Å². The Morgan fingerprint density at radius 1 is 1.42 bits per heavy atom. The number of carbonyl (C=O) groups is 1. The third-order valence-corrected chi connectivity index (χ3v) is 3.92. The van der Waals surface area contributed by atoms with Gasteiger partial charge in [0.15, 0.2) is 0 Å². The van der Waals surface area contributed by atoms with Crippen LogP contribution in [0.15, 0.2) is 0 Å². The highest BCUT2D eigenvalue weighted by Gasteiger charge is 2.30. The molecule has 1 aliphatic heterocycles. The van der Waals surface area contributed by atoms with Crippen LogP contribution < -0.4 is 5.73 Å². The molecule has 0 aromatic rings. The number of hydrogen-bond acceptors (Lipinski definition) is 4. The van der Waals surface area contributed by atoms with Crippen molar-refractivity contribution in [1.29, 1.82) is 0 Å². The van der Waals surface area contributed by atoms with E-state index in [9.17, 15) is 4.79 Å². The molecule has 19 heavy (non-hydrogen) atoms. The van der Waals surface area contributed by atoms with E-state index in [2.05, 4.69) is 18.7 Å². The highest BCUT2D eigenvalue weighted by molar-refractivity contribution is 5.76. The standard InChI is InChI=1S/C14H29N3O2/c1-5-16(6-2)14(18)7-13(8-15)17-9-12(4)19-10-11(17)3/h11-13H,5-10,15H2,1-4H3. The van der Waals surface area contributed by atoms with Crippen molar-refractivity contribution in [3.63, 3.8) is 0 Å². The Labute approximate surface area is 117 Å². The van der Waals surface area contributed by atoms with Gasteiger partial charge >= 0.3 is 0 Å². The highest BCUT2D eigenvalue weighted by atomic mass is 16.5. The molecule has 1 amide bonds. The summed E-state index contributed by atoms with van der Waals surface area (Å²) in [6, 6.07) is 0.448. The van der Waals surface area contributed by atoms with Crippen molar-refractivity contribution in [3.8, 4) is 0 Å². The van der Waals surface area contributed by atoms with Crippen LogP contribution in [0.25, 0.3) is 0 Å². The lowest BCUT2D eigenvalue weighted by Crippen LogP contribution is -2.55. The Hall–Kier alpha value is -0.650. The summed E-state index contributed by atoms with van der Waals surface area (Å²) in [4.78, 5) is 16.4. The Kier molecular flexibility index (Phi) is 6.75. The lowest BCUT2D eigenvalue weighted by molar-refractivity contribution is -0.133. The maximum Gasteiger partial charge on any atom is 0.224 e. The Bertz CT molecular complexity index is 282. The molecule has 3 atom stereocenters. The van der Waals surface area contributed by atoms with Gasteiger partial charge in [-0.2, -0.15) is 0 Å². The second-order valence-corrected chi connectivity index (χ2v) is 5.35. The molecule has 0 aromatic heterocycles. The third kappa shape index (κ3) is 4.44. The van der Waals surface area contributed by atoms with E-state index in [0.29, 0.717) is 19.0 Å². The number of ether oxygens (including phenoxy) is 1. The molecule has 1 saturated heterocycles. The summed E-state index contributed by atoms with van der Waals surface area (Å²) in [7, 11) is 0. The number of morpholine rings is 1. The van der Waals surface area contributed by atoms with Crippen molar-refractivity contribution in [2.75, 3.05) is 32.8 Å². The van der Waals surface area contributed by atoms with Crippen LogP contribution in [0.3, 0.4) is 0 Å². The van der Waals surface area contributed by atoms with Crippen molar-refractivity contribution in [3.05, 3.63) is 0 Å². The first-order chi connectivity index (χ1) is 9.03.